The van der Waals surface area contributed by atoms with Gasteiger partial charge < -0.3 is 15.8 Å². The van der Waals surface area contributed by atoms with Crippen molar-refractivity contribution in [3.8, 4) is 0 Å². The van der Waals surface area contributed by atoms with E-state index in [9.17, 15) is 9.59 Å². The Morgan fingerprint density at radius 1 is 1.47 bits per heavy atom. The van der Waals surface area contributed by atoms with Crippen LogP contribution in [0.15, 0.2) is 24.3 Å². The maximum absolute atomic E-state index is 11.8. The van der Waals surface area contributed by atoms with Gasteiger partial charge >= 0.3 is 5.97 Å². The zero-order valence-corrected chi connectivity index (χ0v) is 9.90. The first-order valence-electron chi connectivity index (χ1n) is 5.32. The van der Waals surface area contributed by atoms with E-state index in [4.69, 9.17) is 5.73 Å². The van der Waals surface area contributed by atoms with Gasteiger partial charge in [-0.15, -0.1) is 0 Å². The molecule has 1 rings (SSSR count). The molecule has 1 unspecified atom stereocenters. The van der Waals surface area contributed by atoms with Crippen molar-refractivity contribution in [2.45, 2.75) is 19.4 Å². The van der Waals surface area contributed by atoms with Crippen LogP contribution in [0.2, 0.25) is 0 Å². The molecule has 0 aliphatic rings. The fourth-order valence-corrected chi connectivity index (χ4v) is 1.39. The highest BCUT2D eigenvalue weighted by Crippen LogP contribution is 2.07. The van der Waals surface area contributed by atoms with Gasteiger partial charge in [-0.2, -0.15) is 0 Å². The fourth-order valence-electron chi connectivity index (χ4n) is 1.39. The predicted molar refractivity (Wildman–Crippen MR) is 64.4 cm³/mol. The second-order valence-corrected chi connectivity index (χ2v) is 3.58. The Kier molecular flexibility index (Phi) is 4.51. The van der Waals surface area contributed by atoms with Crippen molar-refractivity contribution in [2.24, 2.45) is 0 Å². The standard InChI is InChI=1S/C12H16N2O3/c1-3-10(12(16)17-2)14-11(15)8-5-4-6-9(13)7-8/h4-7,10H,3,13H2,1-2H3,(H,14,15). The van der Waals surface area contributed by atoms with Crippen molar-refractivity contribution in [1.82, 2.24) is 5.32 Å². The largest absolute Gasteiger partial charge is 0.467 e. The van der Waals surface area contributed by atoms with Crippen molar-refractivity contribution in [1.29, 1.82) is 0 Å². The third kappa shape index (κ3) is 3.48. The molecule has 5 heteroatoms. The van der Waals surface area contributed by atoms with E-state index in [-0.39, 0.29) is 5.91 Å². The number of hydrogen-bond acceptors (Lipinski definition) is 4. The number of methoxy groups -OCH3 is 1. The lowest BCUT2D eigenvalue weighted by Gasteiger charge is -2.14. The van der Waals surface area contributed by atoms with E-state index < -0.39 is 12.0 Å². The van der Waals surface area contributed by atoms with E-state index in [1.54, 1.807) is 31.2 Å². The van der Waals surface area contributed by atoms with E-state index >= 15 is 0 Å². The molecule has 0 fully saturated rings. The molecule has 0 saturated carbocycles. The number of amides is 1. The third-order valence-electron chi connectivity index (χ3n) is 2.35. The highest BCUT2D eigenvalue weighted by atomic mass is 16.5. The van der Waals surface area contributed by atoms with Crippen LogP contribution in [-0.4, -0.2) is 25.0 Å². The summed E-state index contributed by atoms with van der Waals surface area (Å²) < 4.78 is 4.59. The van der Waals surface area contributed by atoms with Crippen molar-refractivity contribution in [3.05, 3.63) is 29.8 Å². The van der Waals surface area contributed by atoms with Crippen LogP contribution in [0.4, 0.5) is 5.69 Å². The van der Waals surface area contributed by atoms with Gasteiger partial charge in [0, 0.05) is 11.3 Å². The second-order valence-electron chi connectivity index (χ2n) is 3.58. The minimum atomic E-state index is -0.631. The Bertz CT molecular complexity index is 418. The third-order valence-corrected chi connectivity index (χ3v) is 2.35. The quantitative estimate of drug-likeness (QED) is 0.602. The number of benzene rings is 1. The second kappa shape index (κ2) is 5.89. The number of ether oxygens (including phenoxy) is 1. The minimum Gasteiger partial charge on any atom is -0.467 e. The first kappa shape index (κ1) is 13.0. The summed E-state index contributed by atoms with van der Waals surface area (Å²) in [5, 5.41) is 2.59. The lowest BCUT2D eigenvalue weighted by atomic mass is 10.1. The van der Waals surface area contributed by atoms with Gasteiger partial charge in [0.1, 0.15) is 6.04 Å². The molecule has 92 valence electrons. The summed E-state index contributed by atoms with van der Waals surface area (Å²) in [4.78, 5) is 23.1. The molecule has 17 heavy (non-hydrogen) atoms. The van der Waals surface area contributed by atoms with Gasteiger partial charge in [0.05, 0.1) is 7.11 Å². The number of esters is 1. The van der Waals surface area contributed by atoms with E-state index in [1.165, 1.54) is 7.11 Å². The molecule has 5 nitrogen and oxygen atoms in total. The number of nitrogens with one attached hydrogen (secondary N) is 1. The van der Waals surface area contributed by atoms with Crippen molar-refractivity contribution < 1.29 is 14.3 Å². The van der Waals surface area contributed by atoms with Crippen LogP contribution in [0, 0.1) is 0 Å². The number of nitrogen functional groups attached to an aromatic ring is 1. The van der Waals surface area contributed by atoms with E-state index in [0.717, 1.165) is 0 Å². The average molecular weight is 236 g/mol. The van der Waals surface area contributed by atoms with Gasteiger partial charge in [0.15, 0.2) is 0 Å². The van der Waals surface area contributed by atoms with Gasteiger partial charge in [0.25, 0.3) is 5.91 Å². The number of nitrogens with two attached hydrogens (primary N) is 1. The summed E-state index contributed by atoms with van der Waals surface area (Å²) in [6.07, 6.45) is 0.473. The first-order chi connectivity index (χ1) is 8.08. The molecule has 3 N–H and O–H groups in total. The van der Waals surface area contributed by atoms with Crippen LogP contribution in [0.5, 0.6) is 0 Å². The molecule has 0 heterocycles. The summed E-state index contributed by atoms with van der Waals surface area (Å²) in [5.41, 5.74) is 6.50. The minimum absolute atomic E-state index is 0.338. The molecule has 1 aromatic carbocycles. The molecular formula is C12H16N2O3. The summed E-state index contributed by atoms with van der Waals surface area (Å²) in [6.45, 7) is 1.79. The molecule has 0 radical (unpaired) electrons. The number of anilines is 1. The Balaban J connectivity index is 2.74. The van der Waals surface area contributed by atoms with Crippen LogP contribution >= 0.6 is 0 Å². The van der Waals surface area contributed by atoms with Gasteiger partial charge in [-0.1, -0.05) is 13.0 Å². The highest BCUT2D eigenvalue weighted by molar-refractivity contribution is 5.97. The Morgan fingerprint density at radius 3 is 2.71 bits per heavy atom. The van der Waals surface area contributed by atoms with Crippen molar-refractivity contribution >= 4 is 17.6 Å². The van der Waals surface area contributed by atoms with Crippen LogP contribution in [0.25, 0.3) is 0 Å². The number of rotatable bonds is 4. The Morgan fingerprint density at radius 2 is 2.18 bits per heavy atom. The highest BCUT2D eigenvalue weighted by Gasteiger charge is 2.19. The molecule has 1 aromatic rings. The number of carbonyl (C=O) groups is 2. The summed E-state index contributed by atoms with van der Waals surface area (Å²) in [7, 11) is 1.29. The zero-order valence-electron chi connectivity index (χ0n) is 9.90. The van der Waals surface area contributed by atoms with E-state index in [2.05, 4.69) is 10.1 Å². The molecule has 1 amide bonds. The SMILES string of the molecule is CCC(NC(=O)c1cccc(N)c1)C(=O)OC. The maximum Gasteiger partial charge on any atom is 0.328 e. The van der Waals surface area contributed by atoms with Crippen LogP contribution in [0.3, 0.4) is 0 Å². The molecule has 0 aliphatic carbocycles. The number of carbonyl (C=O) groups excluding carboxylic acids is 2. The normalized spacial score (nSPS) is 11.6. The molecule has 0 aromatic heterocycles. The zero-order chi connectivity index (χ0) is 12.8. The summed E-state index contributed by atoms with van der Waals surface area (Å²) in [6, 6.07) is 5.93. The van der Waals surface area contributed by atoms with Gasteiger partial charge in [-0.05, 0) is 24.6 Å². The topological polar surface area (TPSA) is 81.4 Å². The molecule has 0 saturated heterocycles. The molecule has 0 aliphatic heterocycles. The summed E-state index contributed by atoms with van der Waals surface area (Å²) >= 11 is 0. The van der Waals surface area contributed by atoms with Crippen LogP contribution in [-0.2, 0) is 9.53 Å². The molecule has 1 atom stereocenters. The molecule has 0 bridgehead atoms. The van der Waals surface area contributed by atoms with Crippen LogP contribution < -0.4 is 11.1 Å². The summed E-state index contributed by atoms with van der Waals surface area (Å²) in [5.74, 6) is -0.792. The van der Waals surface area contributed by atoms with E-state index in [0.29, 0.717) is 17.7 Å². The smallest absolute Gasteiger partial charge is 0.328 e. The van der Waals surface area contributed by atoms with E-state index in [1.807, 2.05) is 0 Å². The first-order valence-corrected chi connectivity index (χ1v) is 5.32. The van der Waals surface area contributed by atoms with Gasteiger partial charge in [-0.25, -0.2) is 4.79 Å². The Labute approximate surface area is 99.9 Å². The lowest BCUT2D eigenvalue weighted by Crippen LogP contribution is -2.41. The predicted octanol–water partition coefficient (Wildman–Crippen LogP) is 0.950. The van der Waals surface area contributed by atoms with Gasteiger partial charge in [0.2, 0.25) is 0 Å². The monoisotopic (exact) mass is 236 g/mol. The lowest BCUT2D eigenvalue weighted by molar-refractivity contribution is -0.142. The van der Waals surface area contributed by atoms with Gasteiger partial charge in [-0.3, -0.25) is 4.79 Å². The molecule has 0 spiro atoms. The van der Waals surface area contributed by atoms with Crippen molar-refractivity contribution in [2.75, 3.05) is 12.8 Å². The maximum atomic E-state index is 11.8. The molecular weight excluding hydrogens is 220 g/mol. The fraction of sp³-hybridized carbons (Fsp3) is 0.333. The average Bonchev–Trinajstić information content (AvgIpc) is 2.34. The van der Waals surface area contributed by atoms with Crippen molar-refractivity contribution in [3.63, 3.8) is 0 Å². The Hall–Kier alpha value is -2.04. The van der Waals surface area contributed by atoms with Crippen LogP contribution in [0.1, 0.15) is 23.7 Å². The number of hydrogen-bond donors (Lipinski definition) is 2.